The molecule has 5 heteroatoms. The highest BCUT2D eigenvalue weighted by Gasteiger charge is 2.29. The van der Waals surface area contributed by atoms with Crippen LogP contribution in [0.3, 0.4) is 0 Å². The predicted molar refractivity (Wildman–Crippen MR) is 101 cm³/mol. The molecule has 0 N–H and O–H groups in total. The van der Waals surface area contributed by atoms with Gasteiger partial charge in [-0.25, -0.2) is 4.98 Å². The van der Waals surface area contributed by atoms with E-state index in [2.05, 4.69) is 9.80 Å². The molecule has 2 saturated heterocycles. The summed E-state index contributed by atoms with van der Waals surface area (Å²) in [4.78, 5) is 22.7. The van der Waals surface area contributed by atoms with Crippen molar-refractivity contribution in [3.63, 3.8) is 0 Å². The first-order valence-corrected chi connectivity index (χ1v) is 9.66. The Morgan fingerprint density at radius 3 is 2.68 bits per heavy atom. The Kier molecular flexibility index (Phi) is 4.86. The first-order valence-electron chi connectivity index (χ1n) is 9.66. The Hall–Kier alpha value is -1.72. The molecule has 0 spiro atoms. The molecule has 0 saturated carbocycles. The Labute approximate surface area is 149 Å². The van der Waals surface area contributed by atoms with Crippen LogP contribution < -0.4 is 5.56 Å². The van der Waals surface area contributed by atoms with Crippen molar-refractivity contribution in [3.05, 3.63) is 40.4 Å². The van der Waals surface area contributed by atoms with E-state index in [4.69, 9.17) is 4.98 Å². The molecular formula is C20H28N4O. The molecule has 1 aromatic heterocycles. The minimum atomic E-state index is 0.0727. The fourth-order valence-electron chi connectivity index (χ4n) is 4.37. The highest BCUT2D eigenvalue weighted by atomic mass is 16.1. The number of likely N-dealkylation sites (tertiary alicyclic amines) is 2. The maximum atomic E-state index is 12.7. The molecular weight excluding hydrogens is 312 g/mol. The van der Waals surface area contributed by atoms with Gasteiger partial charge in [0, 0.05) is 20.1 Å². The van der Waals surface area contributed by atoms with Gasteiger partial charge in [0.1, 0.15) is 5.82 Å². The highest BCUT2D eigenvalue weighted by Crippen LogP contribution is 2.30. The summed E-state index contributed by atoms with van der Waals surface area (Å²) < 4.78 is 1.77. The third-order valence-electron chi connectivity index (χ3n) is 5.83. The first-order chi connectivity index (χ1) is 12.2. The molecule has 5 nitrogen and oxygen atoms in total. The number of benzene rings is 1. The van der Waals surface area contributed by atoms with Crippen molar-refractivity contribution >= 4 is 10.9 Å². The first kappa shape index (κ1) is 16.7. The van der Waals surface area contributed by atoms with Crippen LogP contribution in [0.4, 0.5) is 0 Å². The summed E-state index contributed by atoms with van der Waals surface area (Å²) in [5, 5.41) is 0.714. The van der Waals surface area contributed by atoms with Crippen LogP contribution in [-0.2, 0) is 7.05 Å². The normalized spacial score (nSPS) is 22.7. The van der Waals surface area contributed by atoms with Gasteiger partial charge in [-0.3, -0.25) is 14.3 Å². The third kappa shape index (κ3) is 3.35. The monoisotopic (exact) mass is 340 g/mol. The zero-order chi connectivity index (χ0) is 17.2. The van der Waals surface area contributed by atoms with Gasteiger partial charge in [0.05, 0.1) is 16.9 Å². The molecule has 1 aromatic carbocycles. The lowest BCUT2D eigenvalue weighted by Gasteiger charge is -2.31. The van der Waals surface area contributed by atoms with Crippen LogP contribution in [0.15, 0.2) is 29.1 Å². The molecule has 2 aromatic rings. The molecule has 25 heavy (non-hydrogen) atoms. The summed E-state index contributed by atoms with van der Waals surface area (Å²) >= 11 is 0. The van der Waals surface area contributed by atoms with Gasteiger partial charge >= 0.3 is 0 Å². The smallest absolute Gasteiger partial charge is 0.261 e. The van der Waals surface area contributed by atoms with Gasteiger partial charge in [-0.15, -0.1) is 0 Å². The van der Waals surface area contributed by atoms with Gasteiger partial charge in [-0.2, -0.15) is 0 Å². The number of aromatic nitrogens is 2. The summed E-state index contributed by atoms with van der Waals surface area (Å²) in [6.45, 7) is 5.81. The lowest BCUT2D eigenvalue weighted by Crippen LogP contribution is -2.38. The zero-order valence-corrected chi connectivity index (χ0v) is 15.2. The molecule has 2 aliphatic heterocycles. The Bertz CT molecular complexity index is 794. The zero-order valence-electron chi connectivity index (χ0n) is 15.2. The second-order valence-corrected chi connectivity index (χ2v) is 7.45. The van der Waals surface area contributed by atoms with Gasteiger partial charge in [0.25, 0.3) is 5.56 Å². The van der Waals surface area contributed by atoms with Crippen LogP contribution >= 0.6 is 0 Å². The van der Waals surface area contributed by atoms with Crippen LogP contribution in [0, 0.1) is 0 Å². The molecule has 2 fully saturated rings. The summed E-state index contributed by atoms with van der Waals surface area (Å²) in [6, 6.07) is 7.96. The van der Waals surface area contributed by atoms with Gasteiger partial charge in [-0.05, 0) is 57.5 Å². The van der Waals surface area contributed by atoms with Crippen molar-refractivity contribution in [2.24, 2.45) is 7.05 Å². The lowest BCUT2D eigenvalue weighted by molar-refractivity contribution is 0.170. The van der Waals surface area contributed by atoms with Crippen molar-refractivity contribution in [2.75, 3.05) is 32.7 Å². The van der Waals surface area contributed by atoms with Gasteiger partial charge < -0.3 is 4.90 Å². The highest BCUT2D eigenvalue weighted by molar-refractivity contribution is 5.77. The SMILES string of the molecule is Cn1c(C2CCCN2CCN2CCCCC2)nc2ccccc2c1=O. The van der Waals surface area contributed by atoms with Crippen molar-refractivity contribution in [1.82, 2.24) is 19.4 Å². The molecule has 0 aliphatic carbocycles. The minimum absolute atomic E-state index is 0.0727. The van der Waals surface area contributed by atoms with E-state index in [-0.39, 0.29) is 11.6 Å². The van der Waals surface area contributed by atoms with Gasteiger partial charge in [0.2, 0.25) is 0 Å². The summed E-state index contributed by atoms with van der Waals surface area (Å²) in [6.07, 6.45) is 6.34. The summed E-state index contributed by atoms with van der Waals surface area (Å²) in [5.74, 6) is 0.930. The summed E-state index contributed by atoms with van der Waals surface area (Å²) in [7, 11) is 1.87. The minimum Gasteiger partial charge on any atom is -0.302 e. The van der Waals surface area contributed by atoms with Crippen LogP contribution in [0.1, 0.15) is 44.0 Å². The fraction of sp³-hybridized carbons (Fsp3) is 0.600. The van der Waals surface area contributed by atoms with E-state index >= 15 is 0 Å². The molecule has 1 unspecified atom stereocenters. The van der Waals surface area contributed by atoms with E-state index in [1.54, 1.807) is 4.57 Å². The largest absolute Gasteiger partial charge is 0.302 e. The predicted octanol–water partition coefficient (Wildman–Crippen LogP) is 2.56. The number of rotatable bonds is 4. The molecule has 134 valence electrons. The second kappa shape index (κ2) is 7.26. The van der Waals surface area contributed by atoms with E-state index in [9.17, 15) is 4.79 Å². The molecule has 0 bridgehead atoms. The average molecular weight is 340 g/mol. The van der Waals surface area contributed by atoms with E-state index in [1.165, 1.54) is 38.8 Å². The molecule has 0 radical (unpaired) electrons. The quantitative estimate of drug-likeness (QED) is 0.858. The second-order valence-electron chi connectivity index (χ2n) is 7.45. The lowest BCUT2D eigenvalue weighted by atomic mass is 10.1. The number of nitrogens with zero attached hydrogens (tertiary/aromatic N) is 4. The maximum Gasteiger partial charge on any atom is 0.261 e. The molecule has 4 rings (SSSR count). The van der Waals surface area contributed by atoms with Crippen LogP contribution in [-0.4, -0.2) is 52.1 Å². The van der Waals surface area contributed by atoms with Crippen molar-refractivity contribution < 1.29 is 0 Å². The Morgan fingerprint density at radius 2 is 1.84 bits per heavy atom. The summed E-state index contributed by atoms with van der Waals surface area (Å²) in [5.41, 5.74) is 0.895. The number of para-hydroxylation sites is 1. The average Bonchev–Trinajstić information content (AvgIpc) is 3.12. The van der Waals surface area contributed by atoms with Gasteiger partial charge in [0.15, 0.2) is 0 Å². The third-order valence-corrected chi connectivity index (χ3v) is 5.83. The molecule has 2 aliphatic rings. The number of hydrogen-bond acceptors (Lipinski definition) is 4. The Morgan fingerprint density at radius 1 is 1.04 bits per heavy atom. The van der Waals surface area contributed by atoms with Crippen molar-refractivity contribution in [3.8, 4) is 0 Å². The number of hydrogen-bond donors (Lipinski definition) is 0. The standard InChI is InChI=1S/C20H28N4O/c1-22-19(21-17-9-4-3-8-16(17)20(22)25)18-10-7-13-24(18)15-14-23-11-5-2-6-12-23/h3-4,8-9,18H,2,5-7,10-15H2,1H3. The Balaban J connectivity index is 1.56. The van der Waals surface area contributed by atoms with E-state index in [0.717, 1.165) is 37.4 Å². The van der Waals surface area contributed by atoms with Crippen molar-refractivity contribution in [1.29, 1.82) is 0 Å². The number of piperidine rings is 1. The van der Waals surface area contributed by atoms with Crippen LogP contribution in [0.25, 0.3) is 10.9 Å². The fourth-order valence-corrected chi connectivity index (χ4v) is 4.37. The van der Waals surface area contributed by atoms with Gasteiger partial charge in [-0.1, -0.05) is 18.6 Å². The van der Waals surface area contributed by atoms with E-state index < -0.39 is 0 Å². The van der Waals surface area contributed by atoms with E-state index in [0.29, 0.717) is 5.39 Å². The van der Waals surface area contributed by atoms with Crippen molar-refractivity contribution in [2.45, 2.75) is 38.1 Å². The maximum absolute atomic E-state index is 12.7. The van der Waals surface area contributed by atoms with Crippen LogP contribution in [0.5, 0.6) is 0 Å². The topological polar surface area (TPSA) is 41.4 Å². The van der Waals surface area contributed by atoms with Crippen LogP contribution in [0.2, 0.25) is 0 Å². The molecule has 0 amide bonds. The van der Waals surface area contributed by atoms with E-state index in [1.807, 2.05) is 31.3 Å². The molecule has 3 heterocycles. The molecule has 1 atom stereocenters. The number of fused-ring (bicyclic) bond motifs is 1.